The second-order valence-electron chi connectivity index (χ2n) is 7.59. The SMILES string of the molecule is C[C@@H]1CN(CCC(=O)NCc2cc(-c3ccccc3)n[nH]2)Cc2cc(Cl)ccc2O1. The number of carbonyl (C=O) groups excluding carboxylic acids is 1. The molecule has 2 heterocycles. The second-order valence-corrected chi connectivity index (χ2v) is 8.02. The first kappa shape index (κ1) is 20.4. The number of rotatable bonds is 6. The van der Waals surface area contributed by atoms with Crippen molar-refractivity contribution in [3.63, 3.8) is 0 Å². The number of nitrogens with zero attached hydrogens (tertiary/aromatic N) is 2. The maximum Gasteiger partial charge on any atom is 0.221 e. The number of carbonyl (C=O) groups is 1. The number of amides is 1. The molecule has 1 atom stereocenters. The topological polar surface area (TPSA) is 70.2 Å². The van der Waals surface area contributed by atoms with Crippen molar-refractivity contribution in [1.82, 2.24) is 20.4 Å². The summed E-state index contributed by atoms with van der Waals surface area (Å²) in [6.07, 6.45) is 0.472. The van der Waals surface area contributed by atoms with Crippen molar-refractivity contribution in [2.24, 2.45) is 0 Å². The van der Waals surface area contributed by atoms with Gasteiger partial charge >= 0.3 is 0 Å². The van der Waals surface area contributed by atoms with Crippen molar-refractivity contribution in [3.8, 4) is 17.0 Å². The minimum atomic E-state index is 0.00926. The molecular formula is C23H25ClN4O2. The van der Waals surface area contributed by atoms with Crippen molar-refractivity contribution in [1.29, 1.82) is 0 Å². The Morgan fingerprint density at radius 3 is 2.93 bits per heavy atom. The van der Waals surface area contributed by atoms with Gasteiger partial charge in [0.2, 0.25) is 5.91 Å². The Labute approximate surface area is 181 Å². The van der Waals surface area contributed by atoms with Crippen molar-refractivity contribution in [2.75, 3.05) is 13.1 Å². The van der Waals surface area contributed by atoms with Gasteiger partial charge in [-0.2, -0.15) is 5.10 Å². The Balaban J connectivity index is 1.28. The molecule has 0 fully saturated rings. The molecule has 2 N–H and O–H groups in total. The van der Waals surface area contributed by atoms with Gasteiger partial charge in [0.25, 0.3) is 0 Å². The van der Waals surface area contributed by atoms with Crippen LogP contribution >= 0.6 is 11.6 Å². The van der Waals surface area contributed by atoms with Gasteiger partial charge < -0.3 is 10.1 Å². The summed E-state index contributed by atoms with van der Waals surface area (Å²) in [6.45, 7) is 4.61. The molecule has 1 aliphatic heterocycles. The average Bonchev–Trinajstić information content (AvgIpc) is 3.16. The molecule has 1 aliphatic rings. The summed E-state index contributed by atoms with van der Waals surface area (Å²) >= 11 is 6.14. The summed E-state index contributed by atoms with van der Waals surface area (Å²) in [5.41, 5.74) is 3.85. The molecule has 156 valence electrons. The van der Waals surface area contributed by atoms with Crippen molar-refractivity contribution in [3.05, 3.63) is 70.9 Å². The van der Waals surface area contributed by atoms with Gasteiger partial charge in [0.1, 0.15) is 11.9 Å². The van der Waals surface area contributed by atoms with Crippen molar-refractivity contribution >= 4 is 17.5 Å². The number of aromatic amines is 1. The molecule has 0 bridgehead atoms. The minimum Gasteiger partial charge on any atom is -0.489 e. The van der Waals surface area contributed by atoms with E-state index < -0.39 is 0 Å². The molecule has 4 rings (SSSR count). The number of hydrogen-bond acceptors (Lipinski definition) is 4. The van der Waals surface area contributed by atoms with E-state index in [1.54, 1.807) is 0 Å². The van der Waals surface area contributed by atoms with Gasteiger partial charge in [0.05, 0.1) is 17.9 Å². The Morgan fingerprint density at radius 2 is 2.10 bits per heavy atom. The standard InChI is InChI=1S/C23H25ClN4O2/c1-16-14-28(15-18-11-19(24)7-8-22(18)30-16)10-9-23(29)25-13-20-12-21(27-26-20)17-5-3-2-4-6-17/h2-8,11-12,16H,9-10,13-15H2,1H3,(H,25,29)(H,26,27)/t16-/m1/s1. The van der Waals surface area contributed by atoms with E-state index in [1.807, 2.05) is 61.5 Å². The van der Waals surface area contributed by atoms with Crippen LogP contribution in [0.4, 0.5) is 0 Å². The lowest BCUT2D eigenvalue weighted by Crippen LogP contribution is -2.34. The van der Waals surface area contributed by atoms with Gasteiger partial charge in [-0.05, 0) is 31.2 Å². The lowest BCUT2D eigenvalue weighted by Gasteiger charge is -2.21. The Hall–Kier alpha value is -2.83. The average molecular weight is 425 g/mol. The van der Waals surface area contributed by atoms with E-state index in [9.17, 15) is 4.79 Å². The summed E-state index contributed by atoms with van der Waals surface area (Å²) in [6, 6.07) is 17.6. The summed E-state index contributed by atoms with van der Waals surface area (Å²) < 4.78 is 5.98. The van der Waals surface area contributed by atoms with Gasteiger partial charge in [-0.3, -0.25) is 14.8 Å². The maximum absolute atomic E-state index is 12.4. The van der Waals surface area contributed by atoms with Crippen LogP contribution in [0.15, 0.2) is 54.6 Å². The van der Waals surface area contributed by atoms with Crippen LogP contribution in [0.5, 0.6) is 5.75 Å². The molecule has 30 heavy (non-hydrogen) atoms. The number of fused-ring (bicyclic) bond motifs is 1. The van der Waals surface area contributed by atoms with Crippen LogP contribution in [0.25, 0.3) is 11.3 Å². The summed E-state index contributed by atoms with van der Waals surface area (Å²) in [4.78, 5) is 14.6. The molecule has 0 saturated carbocycles. The molecule has 0 radical (unpaired) electrons. The largest absolute Gasteiger partial charge is 0.489 e. The number of nitrogens with one attached hydrogen (secondary N) is 2. The van der Waals surface area contributed by atoms with Crippen LogP contribution in [-0.4, -0.2) is 40.2 Å². The first-order chi connectivity index (χ1) is 14.6. The van der Waals surface area contributed by atoms with E-state index in [2.05, 4.69) is 20.4 Å². The maximum atomic E-state index is 12.4. The van der Waals surface area contributed by atoms with Crippen molar-refractivity contribution < 1.29 is 9.53 Å². The Morgan fingerprint density at radius 1 is 1.27 bits per heavy atom. The Kier molecular flexibility index (Phi) is 6.35. The Bertz CT molecular complexity index is 1010. The third-order valence-electron chi connectivity index (χ3n) is 5.09. The third-order valence-corrected chi connectivity index (χ3v) is 5.33. The molecule has 0 unspecified atom stereocenters. The number of hydrogen-bond donors (Lipinski definition) is 2. The zero-order valence-corrected chi connectivity index (χ0v) is 17.7. The molecule has 1 aromatic heterocycles. The summed E-state index contributed by atoms with van der Waals surface area (Å²) in [5, 5.41) is 11.0. The lowest BCUT2D eigenvalue weighted by atomic mass is 10.1. The molecule has 2 aromatic carbocycles. The number of aromatic nitrogens is 2. The summed E-state index contributed by atoms with van der Waals surface area (Å²) in [5.74, 6) is 0.877. The highest BCUT2D eigenvalue weighted by Gasteiger charge is 2.20. The van der Waals surface area contributed by atoms with Crippen LogP contribution in [0.1, 0.15) is 24.6 Å². The molecular weight excluding hydrogens is 400 g/mol. The number of benzene rings is 2. The molecule has 7 heteroatoms. The van der Waals surface area contributed by atoms with E-state index in [4.69, 9.17) is 16.3 Å². The van der Waals surface area contributed by atoms with Gasteiger partial charge in [-0.25, -0.2) is 0 Å². The second kappa shape index (κ2) is 9.32. The smallest absolute Gasteiger partial charge is 0.221 e. The first-order valence-electron chi connectivity index (χ1n) is 10.1. The van der Waals surface area contributed by atoms with Crippen LogP contribution in [0.2, 0.25) is 5.02 Å². The molecule has 1 amide bonds. The predicted octanol–water partition coefficient (Wildman–Crippen LogP) is 4.02. The van der Waals surface area contributed by atoms with E-state index in [0.29, 0.717) is 31.1 Å². The summed E-state index contributed by atoms with van der Waals surface area (Å²) in [7, 11) is 0. The van der Waals surface area contributed by atoms with E-state index >= 15 is 0 Å². The molecule has 6 nitrogen and oxygen atoms in total. The molecule has 0 saturated heterocycles. The van der Waals surface area contributed by atoms with E-state index in [-0.39, 0.29) is 12.0 Å². The van der Waals surface area contributed by atoms with E-state index in [0.717, 1.165) is 34.8 Å². The molecule has 0 aliphatic carbocycles. The van der Waals surface area contributed by atoms with Crippen LogP contribution in [-0.2, 0) is 17.9 Å². The fourth-order valence-electron chi connectivity index (χ4n) is 3.63. The highest BCUT2D eigenvalue weighted by molar-refractivity contribution is 6.30. The third kappa shape index (κ3) is 5.20. The zero-order valence-electron chi connectivity index (χ0n) is 16.9. The van der Waals surface area contributed by atoms with Gasteiger partial charge in [-0.15, -0.1) is 0 Å². The molecule has 3 aromatic rings. The number of H-pyrrole nitrogens is 1. The van der Waals surface area contributed by atoms with E-state index in [1.165, 1.54) is 0 Å². The monoisotopic (exact) mass is 424 g/mol. The van der Waals surface area contributed by atoms with Gasteiger partial charge in [-0.1, -0.05) is 41.9 Å². The first-order valence-corrected chi connectivity index (χ1v) is 10.5. The van der Waals surface area contributed by atoms with Crippen molar-refractivity contribution in [2.45, 2.75) is 32.5 Å². The lowest BCUT2D eigenvalue weighted by molar-refractivity contribution is -0.121. The minimum absolute atomic E-state index is 0.00926. The normalized spacial score (nSPS) is 16.4. The molecule has 0 spiro atoms. The van der Waals surface area contributed by atoms with Crippen LogP contribution in [0, 0.1) is 0 Å². The van der Waals surface area contributed by atoms with Gasteiger partial charge in [0, 0.05) is 42.2 Å². The fraction of sp³-hybridized carbons (Fsp3) is 0.304. The predicted molar refractivity (Wildman–Crippen MR) is 117 cm³/mol. The number of ether oxygens (including phenoxy) is 1. The quantitative estimate of drug-likeness (QED) is 0.627. The van der Waals surface area contributed by atoms with Crippen LogP contribution < -0.4 is 10.1 Å². The van der Waals surface area contributed by atoms with Crippen LogP contribution in [0.3, 0.4) is 0 Å². The van der Waals surface area contributed by atoms with Gasteiger partial charge in [0.15, 0.2) is 0 Å². The highest BCUT2D eigenvalue weighted by Crippen LogP contribution is 2.28. The highest BCUT2D eigenvalue weighted by atomic mass is 35.5. The zero-order chi connectivity index (χ0) is 20.9. The number of halogens is 1. The fourth-order valence-corrected chi connectivity index (χ4v) is 3.83.